The number of aromatic nitrogens is 1. The van der Waals surface area contributed by atoms with Crippen LogP contribution in [-0.4, -0.2) is 61.8 Å². The highest BCUT2D eigenvalue weighted by Crippen LogP contribution is 2.23. The monoisotopic (exact) mass is 297 g/mol. The Balaban J connectivity index is 2.62. The van der Waals surface area contributed by atoms with Gasteiger partial charge in [-0.1, -0.05) is 0 Å². The lowest BCUT2D eigenvalue weighted by molar-refractivity contribution is -0.384. The Kier molecular flexibility index (Phi) is 7.41. The van der Waals surface area contributed by atoms with E-state index in [2.05, 4.69) is 20.5 Å². The molecule has 0 bridgehead atoms. The largest absolute Gasteiger partial charge is 0.383 e. The number of nitro groups is 1. The number of pyridine rings is 1. The number of hydrogen-bond donors (Lipinski definition) is 2. The van der Waals surface area contributed by atoms with Gasteiger partial charge < -0.3 is 20.3 Å². The van der Waals surface area contributed by atoms with Gasteiger partial charge in [0.1, 0.15) is 5.82 Å². The average molecular weight is 297 g/mol. The molecule has 0 aromatic carbocycles. The summed E-state index contributed by atoms with van der Waals surface area (Å²) in [6.07, 6.45) is 0. The average Bonchev–Trinajstić information content (AvgIpc) is 2.45. The van der Waals surface area contributed by atoms with Crippen LogP contribution in [0.15, 0.2) is 12.1 Å². The van der Waals surface area contributed by atoms with Crippen LogP contribution in [0.3, 0.4) is 0 Å². The molecule has 1 heterocycles. The maximum absolute atomic E-state index is 11.0. The molecule has 0 spiro atoms. The van der Waals surface area contributed by atoms with Crippen molar-refractivity contribution in [3.8, 4) is 0 Å². The van der Waals surface area contributed by atoms with Crippen LogP contribution in [0.1, 0.15) is 6.92 Å². The summed E-state index contributed by atoms with van der Waals surface area (Å²) < 4.78 is 5.00. The predicted molar refractivity (Wildman–Crippen MR) is 82.9 cm³/mol. The van der Waals surface area contributed by atoms with E-state index in [4.69, 9.17) is 4.74 Å². The highest BCUT2D eigenvalue weighted by Gasteiger charge is 2.15. The smallest absolute Gasteiger partial charge is 0.311 e. The van der Waals surface area contributed by atoms with Crippen molar-refractivity contribution in [2.75, 3.05) is 57.6 Å². The Morgan fingerprint density at radius 2 is 2.14 bits per heavy atom. The van der Waals surface area contributed by atoms with Crippen molar-refractivity contribution in [2.45, 2.75) is 6.92 Å². The SMILES string of the molecule is CCNc1ccc([N+](=O)[O-])c(NCCN(C)CCOC)n1. The molecule has 2 N–H and O–H groups in total. The number of ether oxygens (including phenoxy) is 1. The standard InChI is InChI=1S/C13H23N5O3/c1-4-14-12-6-5-11(18(19)20)13(16-12)15-7-8-17(2)9-10-21-3/h5-6H,4,7-10H2,1-3H3,(H2,14,15,16). The lowest BCUT2D eigenvalue weighted by Crippen LogP contribution is -2.28. The first-order chi connectivity index (χ1) is 10.1. The molecule has 1 rings (SSSR count). The summed E-state index contributed by atoms with van der Waals surface area (Å²) in [7, 11) is 3.63. The van der Waals surface area contributed by atoms with Gasteiger partial charge in [-0.3, -0.25) is 10.1 Å². The van der Waals surface area contributed by atoms with E-state index in [1.165, 1.54) is 6.07 Å². The normalized spacial score (nSPS) is 10.7. The van der Waals surface area contributed by atoms with E-state index >= 15 is 0 Å². The molecule has 0 fully saturated rings. The van der Waals surface area contributed by atoms with Gasteiger partial charge in [0.05, 0.1) is 11.5 Å². The van der Waals surface area contributed by atoms with Crippen LogP contribution in [-0.2, 0) is 4.74 Å². The van der Waals surface area contributed by atoms with Crippen LogP contribution >= 0.6 is 0 Å². The molecule has 118 valence electrons. The Labute approximate surface area is 124 Å². The van der Waals surface area contributed by atoms with Crippen molar-refractivity contribution >= 4 is 17.3 Å². The summed E-state index contributed by atoms with van der Waals surface area (Å²) in [6, 6.07) is 3.07. The van der Waals surface area contributed by atoms with Gasteiger partial charge in [-0.05, 0) is 20.0 Å². The van der Waals surface area contributed by atoms with Crippen molar-refractivity contribution < 1.29 is 9.66 Å². The second-order valence-electron chi connectivity index (χ2n) is 4.57. The maximum atomic E-state index is 11.0. The van der Waals surface area contributed by atoms with E-state index in [1.54, 1.807) is 13.2 Å². The second kappa shape index (κ2) is 9.09. The van der Waals surface area contributed by atoms with E-state index in [0.29, 0.717) is 31.3 Å². The number of likely N-dealkylation sites (N-methyl/N-ethyl adjacent to an activating group) is 1. The Hall–Kier alpha value is -1.93. The summed E-state index contributed by atoms with van der Waals surface area (Å²) in [5.41, 5.74) is -0.0174. The lowest BCUT2D eigenvalue weighted by atomic mass is 10.3. The van der Waals surface area contributed by atoms with E-state index in [1.807, 2.05) is 14.0 Å². The third-order valence-corrected chi connectivity index (χ3v) is 2.89. The van der Waals surface area contributed by atoms with Gasteiger partial charge in [0.2, 0.25) is 5.82 Å². The summed E-state index contributed by atoms with van der Waals surface area (Å²) in [6.45, 7) is 5.44. The minimum Gasteiger partial charge on any atom is -0.383 e. The molecule has 0 atom stereocenters. The quantitative estimate of drug-likeness (QED) is 0.498. The molecule has 1 aromatic rings. The van der Waals surface area contributed by atoms with Crippen molar-refractivity contribution in [1.82, 2.24) is 9.88 Å². The predicted octanol–water partition coefficient (Wildman–Crippen LogP) is 1.41. The lowest BCUT2D eigenvalue weighted by Gasteiger charge is -2.16. The van der Waals surface area contributed by atoms with E-state index in [-0.39, 0.29) is 5.69 Å². The molecule has 0 saturated carbocycles. The number of nitrogens with zero attached hydrogens (tertiary/aromatic N) is 3. The molecule has 0 aliphatic carbocycles. The van der Waals surface area contributed by atoms with E-state index in [0.717, 1.165) is 13.1 Å². The van der Waals surface area contributed by atoms with Crippen molar-refractivity contribution in [2.24, 2.45) is 0 Å². The maximum Gasteiger partial charge on any atom is 0.311 e. The van der Waals surface area contributed by atoms with Gasteiger partial charge in [-0.2, -0.15) is 0 Å². The van der Waals surface area contributed by atoms with Gasteiger partial charge in [0.15, 0.2) is 0 Å². The van der Waals surface area contributed by atoms with Crippen LogP contribution in [0.2, 0.25) is 0 Å². The van der Waals surface area contributed by atoms with Gasteiger partial charge in [0, 0.05) is 39.4 Å². The zero-order valence-electron chi connectivity index (χ0n) is 12.8. The molecule has 21 heavy (non-hydrogen) atoms. The number of nitrogens with one attached hydrogen (secondary N) is 2. The fourth-order valence-corrected chi connectivity index (χ4v) is 1.73. The van der Waals surface area contributed by atoms with E-state index in [9.17, 15) is 10.1 Å². The van der Waals surface area contributed by atoms with Crippen molar-refractivity contribution in [1.29, 1.82) is 0 Å². The number of rotatable bonds is 10. The van der Waals surface area contributed by atoms with Crippen LogP contribution in [0.5, 0.6) is 0 Å². The first-order valence-electron chi connectivity index (χ1n) is 6.89. The molecule has 1 aromatic heterocycles. The highest BCUT2D eigenvalue weighted by atomic mass is 16.6. The first kappa shape index (κ1) is 17.1. The molecule has 0 unspecified atom stereocenters. The van der Waals surface area contributed by atoms with Crippen LogP contribution in [0.25, 0.3) is 0 Å². The van der Waals surface area contributed by atoms with Crippen LogP contribution in [0, 0.1) is 10.1 Å². The molecule has 0 saturated heterocycles. The second-order valence-corrected chi connectivity index (χ2v) is 4.57. The Bertz CT molecular complexity index is 455. The molecule has 0 radical (unpaired) electrons. The molecule has 0 aliphatic rings. The molecular weight excluding hydrogens is 274 g/mol. The minimum atomic E-state index is -0.431. The number of anilines is 2. The molecule has 8 heteroatoms. The molecule has 0 amide bonds. The van der Waals surface area contributed by atoms with Gasteiger partial charge in [0.25, 0.3) is 0 Å². The minimum absolute atomic E-state index is 0.0174. The third kappa shape index (κ3) is 5.92. The number of methoxy groups -OCH3 is 1. The zero-order chi connectivity index (χ0) is 15.7. The molecular formula is C13H23N5O3. The van der Waals surface area contributed by atoms with E-state index < -0.39 is 4.92 Å². The highest BCUT2D eigenvalue weighted by molar-refractivity contribution is 5.60. The topological polar surface area (TPSA) is 92.6 Å². The first-order valence-corrected chi connectivity index (χ1v) is 6.89. The van der Waals surface area contributed by atoms with Crippen LogP contribution in [0.4, 0.5) is 17.3 Å². The summed E-state index contributed by atoms with van der Waals surface area (Å²) in [4.78, 5) is 16.9. The molecule has 0 aliphatic heterocycles. The zero-order valence-corrected chi connectivity index (χ0v) is 12.8. The fourth-order valence-electron chi connectivity index (χ4n) is 1.73. The van der Waals surface area contributed by atoms with Crippen LogP contribution < -0.4 is 10.6 Å². The van der Waals surface area contributed by atoms with Gasteiger partial charge in [-0.25, -0.2) is 4.98 Å². The summed E-state index contributed by atoms with van der Waals surface area (Å²) >= 11 is 0. The van der Waals surface area contributed by atoms with Gasteiger partial charge in [-0.15, -0.1) is 0 Å². The van der Waals surface area contributed by atoms with Crippen molar-refractivity contribution in [3.63, 3.8) is 0 Å². The molecule has 8 nitrogen and oxygen atoms in total. The number of hydrogen-bond acceptors (Lipinski definition) is 7. The van der Waals surface area contributed by atoms with Gasteiger partial charge >= 0.3 is 5.69 Å². The summed E-state index contributed by atoms with van der Waals surface area (Å²) in [5.74, 6) is 0.914. The Morgan fingerprint density at radius 3 is 2.76 bits per heavy atom. The fraction of sp³-hybridized carbons (Fsp3) is 0.615. The third-order valence-electron chi connectivity index (χ3n) is 2.89. The Morgan fingerprint density at radius 1 is 1.38 bits per heavy atom. The summed E-state index contributed by atoms with van der Waals surface area (Å²) in [5, 5.41) is 17.1. The van der Waals surface area contributed by atoms with Crippen molar-refractivity contribution in [3.05, 3.63) is 22.2 Å².